The first-order chi connectivity index (χ1) is 10.1. The van der Waals surface area contributed by atoms with E-state index in [2.05, 4.69) is 15.3 Å². The minimum absolute atomic E-state index is 0.258. The van der Waals surface area contributed by atoms with E-state index in [1.165, 1.54) is 0 Å². The maximum atomic E-state index is 12.5. The number of imidazole rings is 1. The zero-order valence-electron chi connectivity index (χ0n) is 11.6. The lowest BCUT2D eigenvalue weighted by Crippen LogP contribution is -2.16. The molecule has 0 atom stereocenters. The van der Waals surface area contributed by atoms with Gasteiger partial charge in [0.15, 0.2) is 5.15 Å². The van der Waals surface area contributed by atoms with Gasteiger partial charge < -0.3 is 5.32 Å². The Kier molecular flexibility index (Phi) is 3.35. The summed E-state index contributed by atoms with van der Waals surface area (Å²) in [5.41, 5.74) is 3.43. The minimum Gasteiger partial charge on any atom is -0.318 e. The molecule has 3 rings (SSSR count). The largest absolute Gasteiger partial charge is 0.318 e. The van der Waals surface area contributed by atoms with Crippen LogP contribution in [0.1, 0.15) is 21.7 Å². The Labute approximate surface area is 126 Å². The highest BCUT2D eigenvalue weighted by molar-refractivity contribution is 6.32. The number of pyridine rings is 2. The van der Waals surface area contributed by atoms with Crippen molar-refractivity contribution >= 4 is 28.8 Å². The number of anilines is 1. The van der Waals surface area contributed by atoms with E-state index in [0.717, 1.165) is 11.2 Å². The smallest absolute Gasteiger partial charge is 0.274 e. The summed E-state index contributed by atoms with van der Waals surface area (Å²) < 4.78 is 1.78. The second-order valence-electron chi connectivity index (χ2n) is 4.73. The number of carbonyl (C=O) groups is 1. The van der Waals surface area contributed by atoms with E-state index in [0.29, 0.717) is 17.1 Å². The SMILES string of the molecule is Cc1nc2c(C)cccn2c1C(=O)Nc1cccnc1Cl. The zero-order valence-corrected chi connectivity index (χ0v) is 12.3. The van der Waals surface area contributed by atoms with Crippen molar-refractivity contribution in [1.29, 1.82) is 0 Å². The lowest BCUT2D eigenvalue weighted by atomic mass is 10.3. The molecule has 1 N–H and O–H groups in total. The van der Waals surface area contributed by atoms with Crippen LogP contribution in [0.3, 0.4) is 0 Å². The van der Waals surface area contributed by atoms with Crippen molar-refractivity contribution in [1.82, 2.24) is 14.4 Å². The van der Waals surface area contributed by atoms with Crippen molar-refractivity contribution < 1.29 is 4.79 Å². The Hall–Kier alpha value is -2.40. The van der Waals surface area contributed by atoms with Crippen LogP contribution in [0, 0.1) is 13.8 Å². The molecular weight excluding hydrogens is 288 g/mol. The van der Waals surface area contributed by atoms with Crippen LogP contribution in [-0.4, -0.2) is 20.3 Å². The summed E-state index contributed by atoms with van der Waals surface area (Å²) >= 11 is 5.96. The molecule has 5 nitrogen and oxygen atoms in total. The first-order valence-corrected chi connectivity index (χ1v) is 6.82. The molecule has 0 aliphatic rings. The molecule has 1 amide bonds. The normalized spacial score (nSPS) is 10.8. The third-order valence-electron chi connectivity index (χ3n) is 3.24. The van der Waals surface area contributed by atoms with E-state index in [4.69, 9.17) is 11.6 Å². The predicted molar refractivity (Wildman–Crippen MR) is 81.9 cm³/mol. The van der Waals surface area contributed by atoms with Gasteiger partial charge in [0, 0.05) is 12.4 Å². The second kappa shape index (κ2) is 5.18. The molecule has 0 saturated carbocycles. The molecule has 0 aromatic carbocycles. The molecule has 0 fully saturated rings. The molecule has 0 radical (unpaired) electrons. The van der Waals surface area contributed by atoms with Crippen molar-refractivity contribution in [3.63, 3.8) is 0 Å². The van der Waals surface area contributed by atoms with Gasteiger partial charge in [0.05, 0.1) is 11.4 Å². The minimum atomic E-state index is -0.263. The van der Waals surface area contributed by atoms with Gasteiger partial charge in [0.2, 0.25) is 0 Å². The van der Waals surface area contributed by atoms with Gasteiger partial charge >= 0.3 is 0 Å². The molecule has 0 aliphatic carbocycles. The van der Waals surface area contributed by atoms with Crippen LogP contribution in [0.2, 0.25) is 5.15 Å². The average Bonchev–Trinajstić information content (AvgIpc) is 2.79. The number of nitrogens with one attached hydrogen (secondary N) is 1. The van der Waals surface area contributed by atoms with E-state index in [-0.39, 0.29) is 11.1 Å². The molecule has 0 bridgehead atoms. The number of aryl methyl sites for hydroxylation is 2. The monoisotopic (exact) mass is 300 g/mol. The summed E-state index contributed by atoms with van der Waals surface area (Å²) in [5.74, 6) is -0.263. The third-order valence-corrected chi connectivity index (χ3v) is 3.54. The molecule has 3 aromatic rings. The highest BCUT2D eigenvalue weighted by Crippen LogP contribution is 2.20. The zero-order chi connectivity index (χ0) is 15.0. The first kappa shape index (κ1) is 13.6. The van der Waals surface area contributed by atoms with Gasteiger partial charge in [-0.3, -0.25) is 9.20 Å². The summed E-state index contributed by atoms with van der Waals surface area (Å²) in [6.45, 7) is 3.77. The molecule has 106 valence electrons. The number of fused-ring (bicyclic) bond motifs is 1. The fourth-order valence-electron chi connectivity index (χ4n) is 2.25. The summed E-state index contributed by atoms with van der Waals surface area (Å²) in [6, 6.07) is 7.27. The van der Waals surface area contributed by atoms with E-state index in [1.807, 2.05) is 32.2 Å². The van der Waals surface area contributed by atoms with Gasteiger partial charge in [-0.2, -0.15) is 0 Å². The number of halogens is 1. The van der Waals surface area contributed by atoms with Gasteiger partial charge in [0.25, 0.3) is 5.91 Å². The Bertz CT molecular complexity index is 841. The van der Waals surface area contributed by atoms with Crippen LogP contribution in [-0.2, 0) is 0 Å². The Balaban J connectivity index is 2.05. The third kappa shape index (κ3) is 2.36. The van der Waals surface area contributed by atoms with E-state index < -0.39 is 0 Å². The molecule has 0 aliphatic heterocycles. The van der Waals surface area contributed by atoms with Crippen molar-refractivity contribution in [3.05, 3.63) is 58.8 Å². The highest BCUT2D eigenvalue weighted by Gasteiger charge is 2.18. The van der Waals surface area contributed by atoms with Crippen molar-refractivity contribution in [2.24, 2.45) is 0 Å². The standard InChI is InChI=1S/C15H13ClN4O/c1-9-5-4-8-20-12(10(2)18-14(9)20)15(21)19-11-6-3-7-17-13(11)16/h3-8H,1-2H3,(H,19,21). The molecule has 0 unspecified atom stereocenters. The lowest BCUT2D eigenvalue weighted by molar-refractivity contribution is 0.102. The number of carbonyl (C=O) groups excluding carboxylic acids is 1. The maximum absolute atomic E-state index is 12.5. The lowest BCUT2D eigenvalue weighted by Gasteiger charge is -2.07. The van der Waals surface area contributed by atoms with Crippen molar-refractivity contribution in [2.75, 3.05) is 5.32 Å². The number of nitrogens with zero attached hydrogens (tertiary/aromatic N) is 3. The van der Waals surface area contributed by atoms with Crippen LogP contribution < -0.4 is 5.32 Å². The number of rotatable bonds is 2. The van der Waals surface area contributed by atoms with Crippen LogP contribution in [0.25, 0.3) is 5.65 Å². The highest BCUT2D eigenvalue weighted by atomic mass is 35.5. The molecule has 6 heteroatoms. The first-order valence-electron chi connectivity index (χ1n) is 6.44. The number of hydrogen-bond acceptors (Lipinski definition) is 3. The predicted octanol–water partition coefficient (Wildman–Crippen LogP) is 3.25. The van der Waals surface area contributed by atoms with Crippen LogP contribution in [0.5, 0.6) is 0 Å². The van der Waals surface area contributed by atoms with Crippen molar-refractivity contribution in [3.8, 4) is 0 Å². The van der Waals surface area contributed by atoms with Gasteiger partial charge in [-0.1, -0.05) is 17.7 Å². The summed E-state index contributed by atoms with van der Waals surface area (Å²) in [7, 11) is 0. The Morgan fingerprint density at radius 3 is 2.86 bits per heavy atom. The Morgan fingerprint density at radius 2 is 2.10 bits per heavy atom. The van der Waals surface area contributed by atoms with Crippen LogP contribution in [0.15, 0.2) is 36.7 Å². The van der Waals surface area contributed by atoms with Gasteiger partial charge in [-0.25, -0.2) is 9.97 Å². The summed E-state index contributed by atoms with van der Waals surface area (Å²) in [4.78, 5) is 20.9. The number of hydrogen-bond donors (Lipinski definition) is 1. The molecule has 0 saturated heterocycles. The molecule has 21 heavy (non-hydrogen) atoms. The second-order valence-corrected chi connectivity index (χ2v) is 5.08. The number of amides is 1. The topological polar surface area (TPSA) is 59.3 Å². The maximum Gasteiger partial charge on any atom is 0.274 e. The Morgan fingerprint density at radius 1 is 1.29 bits per heavy atom. The quantitative estimate of drug-likeness (QED) is 0.739. The fourth-order valence-corrected chi connectivity index (χ4v) is 2.42. The summed E-state index contributed by atoms with van der Waals surface area (Å²) in [5, 5.41) is 3.03. The van der Waals surface area contributed by atoms with Gasteiger partial charge in [-0.05, 0) is 37.6 Å². The fraction of sp³-hybridized carbons (Fsp3) is 0.133. The van der Waals surface area contributed by atoms with E-state index in [1.54, 1.807) is 22.7 Å². The molecule has 0 spiro atoms. The van der Waals surface area contributed by atoms with Crippen LogP contribution in [0.4, 0.5) is 5.69 Å². The summed E-state index contributed by atoms with van der Waals surface area (Å²) in [6.07, 6.45) is 3.39. The van der Waals surface area contributed by atoms with E-state index in [9.17, 15) is 4.79 Å². The molecule has 3 heterocycles. The average molecular weight is 301 g/mol. The van der Waals surface area contributed by atoms with Gasteiger partial charge in [0.1, 0.15) is 11.3 Å². The van der Waals surface area contributed by atoms with Crippen molar-refractivity contribution in [2.45, 2.75) is 13.8 Å². The van der Waals surface area contributed by atoms with Gasteiger partial charge in [-0.15, -0.1) is 0 Å². The number of aromatic nitrogens is 3. The molecular formula is C15H13ClN4O. The van der Waals surface area contributed by atoms with E-state index >= 15 is 0 Å². The van der Waals surface area contributed by atoms with Crippen LogP contribution >= 0.6 is 11.6 Å². The molecule has 3 aromatic heterocycles.